The lowest BCUT2D eigenvalue weighted by Crippen LogP contribution is -2.01. The van der Waals surface area contributed by atoms with Gasteiger partial charge in [-0.1, -0.05) is 18.2 Å². The molecule has 0 aliphatic carbocycles. The van der Waals surface area contributed by atoms with Crippen LogP contribution in [0.4, 0.5) is 0 Å². The first-order chi connectivity index (χ1) is 9.22. The molecule has 0 aromatic heterocycles. The van der Waals surface area contributed by atoms with Crippen LogP contribution in [0.15, 0.2) is 50.1 Å². The van der Waals surface area contributed by atoms with Gasteiger partial charge in [0, 0.05) is 0 Å². The quantitative estimate of drug-likeness (QED) is 0.632. The van der Waals surface area contributed by atoms with Crippen LogP contribution in [-0.2, 0) is 19.3 Å². The molecule has 0 aliphatic heterocycles. The standard InChI is InChI=1S/C18H24O/c1-4-7-10-15-13-17(19)14-16(11-8-5-2)18(15)12-9-6-3/h4-6,13-14,19H,1-3,7-12H2. The van der Waals surface area contributed by atoms with E-state index in [2.05, 4.69) is 19.7 Å². The SMILES string of the molecule is C=CCCc1cc(O)cc(CCC=C)c1CCC=C. The molecule has 1 aromatic carbocycles. The number of rotatable bonds is 9. The van der Waals surface area contributed by atoms with Gasteiger partial charge in [-0.3, -0.25) is 0 Å². The van der Waals surface area contributed by atoms with Gasteiger partial charge >= 0.3 is 0 Å². The van der Waals surface area contributed by atoms with Crippen LogP contribution in [0.3, 0.4) is 0 Å². The van der Waals surface area contributed by atoms with E-state index >= 15 is 0 Å². The fourth-order valence-corrected chi connectivity index (χ4v) is 2.31. The Morgan fingerprint density at radius 2 is 1.21 bits per heavy atom. The topological polar surface area (TPSA) is 20.2 Å². The van der Waals surface area contributed by atoms with Gasteiger partial charge in [-0.2, -0.15) is 0 Å². The number of benzene rings is 1. The van der Waals surface area contributed by atoms with Crippen molar-refractivity contribution < 1.29 is 5.11 Å². The Kier molecular flexibility index (Phi) is 6.73. The summed E-state index contributed by atoms with van der Waals surface area (Å²) in [6, 6.07) is 3.78. The Hall–Kier alpha value is -1.76. The molecule has 0 aliphatic rings. The van der Waals surface area contributed by atoms with Gasteiger partial charge in [-0.25, -0.2) is 0 Å². The van der Waals surface area contributed by atoms with Crippen molar-refractivity contribution in [2.75, 3.05) is 0 Å². The van der Waals surface area contributed by atoms with E-state index in [9.17, 15) is 5.11 Å². The van der Waals surface area contributed by atoms with Crippen LogP contribution < -0.4 is 0 Å². The molecule has 19 heavy (non-hydrogen) atoms. The summed E-state index contributed by atoms with van der Waals surface area (Å²) >= 11 is 0. The lowest BCUT2D eigenvalue weighted by molar-refractivity contribution is 0.473. The Bertz CT molecular complexity index is 410. The summed E-state index contributed by atoms with van der Waals surface area (Å²) in [4.78, 5) is 0. The Morgan fingerprint density at radius 3 is 1.63 bits per heavy atom. The Balaban J connectivity index is 3.08. The van der Waals surface area contributed by atoms with Crippen molar-refractivity contribution in [3.63, 3.8) is 0 Å². The number of aryl methyl sites for hydroxylation is 2. The first-order valence-electron chi connectivity index (χ1n) is 6.89. The largest absolute Gasteiger partial charge is 0.508 e. The van der Waals surface area contributed by atoms with E-state index in [1.165, 1.54) is 16.7 Å². The molecule has 0 radical (unpaired) electrons. The van der Waals surface area contributed by atoms with Crippen molar-refractivity contribution >= 4 is 0 Å². The average Bonchev–Trinajstić information content (AvgIpc) is 2.41. The summed E-state index contributed by atoms with van der Waals surface area (Å²) in [5, 5.41) is 9.87. The second-order valence-electron chi connectivity index (χ2n) is 4.72. The molecule has 1 nitrogen and oxygen atoms in total. The normalized spacial score (nSPS) is 10.1. The Morgan fingerprint density at radius 1 is 0.789 bits per heavy atom. The van der Waals surface area contributed by atoms with Crippen LogP contribution in [0, 0.1) is 0 Å². The van der Waals surface area contributed by atoms with E-state index in [4.69, 9.17) is 0 Å². The van der Waals surface area contributed by atoms with Crippen LogP contribution in [0.25, 0.3) is 0 Å². The first-order valence-corrected chi connectivity index (χ1v) is 6.89. The lowest BCUT2D eigenvalue weighted by atomic mass is 9.91. The molecule has 0 spiro atoms. The first kappa shape index (κ1) is 15.3. The maximum absolute atomic E-state index is 9.87. The molecule has 0 atom stereocenters. The number of aromatic hydroxyl groups is 1. The molecule has 0 saturated heterocycles. The zero-order chi connectivity index (χ0) is 14.1. The smallest absolute Gasteiger partial charge is 0.116 e. The highest BCUT2D eigenvalue weighted by atomic mass is 16.3. The van der Waals surface area contributed by atoms with E-state index < -0.39 is 0 Å². The lowest BCUT2D eigenvalue weighted by Gasteiger charge is -2.15. The molecular weight excluding hydrogens is 232 g/mol. The molecule has 0 heterocycles. The van der Waals surface area contributed by atoms with Gasteiger partial charge in [-0.05, 0) is 67.3 Å². The van der Waals surface area contributed by atoms with Gasteiger partial charge < -0.3 is 5.11 Å². The fourth-order valence-electron chi connectivity index (χ4n) is 2.31. The third-order valence-corrected chi connectivity index (χ3v) is 3.25. The van der Waals surface area contributed by atoms with Gasteiger partial charge in [-0.15, -0.1) is 19.7 Å². The van der Waals surface area contributed by atoms with Gasteiger partial charge in [0.1, 0.15) is 5.75 Å². The van der Waals surface area contributed by atoms with Crippen molar-refractivity contribution in [2.45, 2.75) is 38.5 Å². The maximum Gasteiger partial charge on any atom is 0.116 e. The zero-order valence-corrected chi connectivity index (χ0v) is 11.7. The highest BCUT2D eigenvalue weighted by Crippen LogP contribution is 2.26. The van der Waals surface area contributed by atoms with E-state index in [1.54, 1.807) is 0 Å². The van der Waals surface area contributed by atoms with Gasteiger partial charge in [0.25, 0.3) is 0 Å². The minimum absolute atomic E-state index is 0.362. The molecule has 0 amide bonds. The highest BCUT2D eigenvalue weighted by Gasteiger charge is 2.09. The van der Waals surface area contributed by atoms with E-state index in [0.29, 0.717) is 5.75 Å². The molecule has 102 valence electrons. The van der Waals surface area contributed by atoms with Crippen LogP contribution in [0.1, 0.15) is 36.0 Å². The van der Waals surface area contributed by atoms with Crippen LogP contribution >= 0.6 is 0 Å². The maximum atomic E-state index is 9.87. The van der Waals surface area contributed by atoms with Crippen LogP contribution in [0.5, 0.6) is 5.75 Å². The molecule has 0 unspecified atom stereocenters. The van der Waals surface area contributed by atoms with Gasteiger partial charge in [0.05, 0.1) is 0 Å². The van der Waals surface area contributed by atoms with Crippen LogP contribution in [-0.4, -0.2) is 5.11 Å². The van der Waals surface area contributed by atoms with Crippen molar-refractivity contribution in [1.29, 1.82) is 0 Å². The molecule has 1 N–H and O–H groups in total. The fraction of sp³-hybridized carbons (Fsp3) is 0.333. The van der Waals surface area contributed by atoms with Crippen molar-refractivity contribution in [3.8, 4) is 5.75 Å². The molecule has 1 rings (SSSR count). The molecule has 0 bridgehead atoms. The minimum Gasteiger partial charge on any atom is -0.508 e. The molecular formula is C18H24O. The van der Waals surface area contributed by atoms with Gasteiger partial charge in [0.15, 0.2) is 0 Å². The predicted octanol–water partition coefficient (Wildman–Crippen LogP) is 4.75. The third-order valence-electron chi connectivity index (χ3n) is 3.25. The Labute approximate surface area is 117 Å². The number of hydrogen-bond acceptors (Lipinski definition) is 1. The summed E-state index contributed by atoms with van der Waals surface area (Å²) in [6.45, 7) is 11.3. The summed E-state index contributed by atoms with van der Waals surface area (Å²) in [6.07, 6.45) is 11.5. The summed E-state index contributed by atoms with van der Waals surface area (Å²) in [5.74, 6) is 0.362. The van der Waals surface area contributed by atoms with Crippen molar-refractivity contribution in [1.82, 2.24) is 0 Å². The minimum atomic E-state index is 0.362. The molecule has 1 aromatic rings. The number of hydrogen-bond donors (Lipinski definition) is 1. The summed E-state index contributed by atoms with van der Waals surface area (Å²) in [5.41, 5.74) is 3.84. The van der Waals surface area contributed by atoms with Gasteiger partial charge in [0.2, 0.25) is 0 Å². The van der Waals surface area contributed by atoms with E-state index in [-0.39, 0.29) is 0 Å². The molecule has 0 fully saturated rings. The second-order valence-corrected chi connectivity index (χ2v) is 4.72. The summed E-state index contributed by atoms with van der Waals surface area (Å²) in [7, 11) is 0. The highest BCUT2D eigenvalue weighted by molar-refractivity contribution is 5.42. The molecule has 1 heteroatoms. The van der Waals surface area contributed by atoms with E-state index in [0.717, 1.165) is 38.5 Å². The van der Waals surface area contributed by atoms with Crippen molar-refractivity contribution in [3.05, 3.63) is 66.8 Å². The summed E-state index contributed by atoms with van der Waals surface area (Å²) < 4.78 is 0. The zero-order valence-electron chi connectivity index (χ0n) is 11.7. The average molecular weight is 256 g/mol. The van der Waals surface area contributed by atoms with Crippen molar-refractivity contribution in [2.24, 2.45) is 0 Å². The molecule has 0 saturated carbocycles. The number of phenolic OH excluding ortho intramolecular Hbond substituents is 1. The predicted molar refractivity (Wildman–Crippen MR) is 83.7 cm³/mol. The second kappa shape index (κ2) is 8.36. The third kappa shape index (κ3) is 4.78. The van der Waals surface area contributed by atoms with E-state index in [1.807, 2.05) is 30.4 Å². The number of allylic oxidation sites excluding steroid dienone is 3. The van der Waals surface area contributed by atoms with Crippen LogP contribution in [0.2, 0.25) is 0 Å². The monoisotopic (exact) mass is 256 g/mol. The number of phenols is 1.